The van der Waals surface area contributed by atoms with E-state index in [2.05, 4.69) is 53.1 Å². The van der Waals surface area contributed by atoms with Crippen molar-refractivity contribution < 1.29 is 4.42 Å². The third-order valence-corrected chi connectivity index (χ3v) is 8.13. The minimum atomic E-state index is 0.590. The molecular weight excluding hydrogens is 542 g/mol. The number of hydrogen-bond acceptors (Lipinski definition) is 5. The molecule has 0 bridgehead atoms. The van der Waals surface area contributed by atoms with E-state index in [1.54, 1.807) is 0 Å². The zero-order chi connectivity index (χ0) is 29.0. The van der Waals surface area contributed by atoms with Gasteiger partial charge >= 0.3 is 0 Å². The van der Waals surface area contributed by atoms with E-state index in [0.29, 0.717) is 11.8 Å². The molecule has 0 spiro atoms. The highest BCUT2D eigenvalue weighted by molar-refractivity contribution is 6.16. The van der Waals surface area contributed by atoms with Crippen LogP contribution >= 0.6 is 0 Å². The first kappa shape index (κ1) is 24.5. The van der Waals surface area contributed by atoms with Gasteiger partial charge in [-0.05, 0) is 30.3 Å². The number of furan rings is 1. The maximum Gasteiger partial charge on any atom is 0.234 e. The van der Waals surface area contributed by atoms with Crippen molar-refractivity contribution in [2.75, 3.05) is 0 Å². The lowest BCUT2D eigenvalue weighted by molar-refractivity contribution is 0.669. The lowest BCUT2D eigenvalue weighted by Gasteiger charge is -2.10. The quantitative estimate of drug-likeness (QED) is 0.213. The Labute approximate surface area is 251 Å². The Balaban J connectivity index is 1.21. The molecule has 0 amide bonds. The van der Waals surface area contributed by atoms with Crippen LogP contribution in [0.5, 0.6) is 0 Å². The summed E-state index contributed by atoms with van der Waals surface area (Å²) in [6, 6.07) is 43.0. The molecule has 4 aromatic heterocycles. The van der Waals surface area contributed by atoms with Gasteiger partial charge in [-0.15, -0.1) is 0 Å². The molecule has 6 heteroatoms. The van der Waals surface area contributed by atoms with Crippen LogP contribution in [0.3, 0.4) is 0 Å². The summed E-state index contributed by atoms with van der Waals surface area (Å²) < 4.78 is 8.35. The van der Waals surface area contributed by atoms with E-state index < -0.39 is 0 Å². The maximum absolute atomic E-state index is 6.22. The van der Waals surface area contributed by atoms with E-state index >= 15 is 0 Å². The van der Waals surface area contributed by atoms with Crippen molar-refractivity contribution >= 4 is 43.7 Å². The van der Waals surface area contributed by atoms with Crippen LogP contribution in [0.1, 0.15) is 0 Å². The molecule has 9 rings (SSSR count). The molecule has 9 aromatic rings. The maximum atomic E-state index is 6.22. The zero-order valence-corrected chi connectivity index (χ0v) is 23.4. The molecule has 0 saturated heterocycles. The van der Waals surface area contributed by atoms with Gasteiger partial charge in [-0.1, -0.05) is 97.1 Å². The molecule has 0 aliphatic rings. The summed E-state index contributed by atoms with van der Waals surface area (Å²) in [6.07, 6.45) is 3.70. The lowest BCUT2D eigenvalue weighted by Crippen LogP contribution is -2.02. The Morgan fingerprint density at radius 3 is 1.86 bits per heavy atom. The average Bonchev–Trinajstić information content (AvgIpc) is 3.63. The van der Waals surface area contributed by atoms with Crippen LogP contribution in [-0.2, 0) is 0 Å². The van der Waals surface area contributed by atoms with Crippen molar-refractivity contribution in [3.05, 3.63) is 140 Å². The number of nitrogens with zero attached hydrogens (tertiary/aromatic N) is 5. The molecule has 206 valence electrons. The van der Waals surface area contributed by atoms with Crippen molar-refractivity contribution in [2.45, 2.75) is 0 Å². The molecule has 0 fully saturated rings. The number of fused-ring (bicyclic) bond motifs is 6. The summed E-state index contributed by atoms with van der Waals surface area (Å²) in [5.41, 5.74) is 8.20. The van der Waals surface area contributed by atoms with Gasteiger partial charge in [0.05, 0.1) is 22.4 Å². The number of aromatic nitrogens is 5. The minimum Gasteiger partial charge on any atom is -0.456 e. The number of para-hydroxylation sites is 2. The third kappa shape index (κ3) is 3.89. The monoisotopic (exact) mass is 565 g/mol. The predicted octanol–water partition coefficient (Wildman–Crippen LogP) is 9.26. The molecule has 0 aliphatic heterocycles. The molecule has 0 atom stereocenters. The highest BCUT2D eigenvalue weighted by Gasteiger charge is 2.18. The van der Waals surface area contributed by atoms with Gasteiger partial charge < -0.3 is 4.42 Å². The molecule has 0 saturated carbocycles. The van der Waals surface area contributed by atoms with Crippen LogP contribution in [-0.4, -0.2) is 24.5 Å². The molecule has 4 heterocycles. The topological polar surface area (TPSA) is 69.6 Å². The Kier molecular flexibility index (Phi) is 5.40. The van der Waals surface area contributed by atoms with Gasteiger partial charge in [0.25, 0.3) is 0 Å². The van der Waals surface area contributed by atoms with E-state index in [4.69, 9.17) is 24.4 Å². The highest BCUT2D eigenvalue weighted by Crippen LogP contribution is 2.37. The van der Waals surface area contributed by atoms with E-state index in [1.165, 1.54) is 0 Å². The van der Waals surface area contributed by atoms with Crippen LogP contribution in [0.2, 0.25) is 0 Å². The third-order valence-electron chi connectivity index (χ3n) is 8.13. The fourth-order valence-electron chi connectivity index (χ4n) is 6.04. The van der Waals surface area contributed by atoms with E-state index in [0.717, 1.165) is 71.8 Å². The second kappa shape index (κ2) is 9.71. The van der Waals surface area contributed by atoms with Gasteiger partial charge in [-0.2, -0.15) is 0 Å². The van der Waals surface area contributed by atoms with Crippen molar-refractivity contribution in [3.8, 4) is 39.9 Å². The molecule has 44 heavy (non-hydrogen) atoms. The van der Waals surface area contributed by atoms with E-state index in [-0.39, 0.29) is 0 Å². The number of benzene rings is 5. The smallest absolute Gasteiger partial charge is 0.234 e. The SMILES string of the molecule is c1ccc(-c2cc(-c3cnc(-n4c5ccccc5c5cc6oc7ccccc7c6cc54)nc3)nc(-c3ccccc3)n2)cc1. The average molecular weight is 566 g/mol. The largest absolute Gasteiger partial charge is 0.456 e. The second-order valence-electron chi connectivity index (χ2n) is 10.8. The molecule has 6 nitrogen and oxygen atoms in total. The van der Waals surface area contributed by atoms with Gasteiger partial charge in [-0.25, -0.2) is 19.9 Å². The fraction of sp³-hybridized carbons (Fsp3) is 0. The van der Waals surface area contributed by atoms with Gasteiger partial charge in [0.15, 0.2) is 5.82 Å². The fourth-order valence-corrected chi connectivity index (χ4v) is 6.04. The zero-order valence-electron chi connectivity index (χ0n) is 23.4. The highest BCUT2D eigenvalue weighted by atomic mass is 16.3. The Hall–Kier alpha value is -6.14. The predicted molar refractivity (Wildman–Crippen MR) is 176 cm³/mol. The summed E-state index contributed by atoms with van der Waals surface area (Å²) in [5, 5.41) is 4.37. The summed E-state index contributed by atoms with van der Waals surface area (Å²) in [7, 11) is 0. The van der Waals surface area contributed by atoms with Gasteiger partial charge in [0.2, 0.25) is 5.95 Å². The van der Waals surface area contributed by atoms with Crippen LogP contribution < -0.4 is 0 Å². The minimum absolute atomic E-state index is 0.590. The molecule has 0 unspecified atom stereocenters. The Bertz CT molecular complexity index is 2420. The lowest BCUT2D eigenvalue weighted by atomic mass is 10.1. The molecule has 0 N–H and O–H groups in total. The molecular formula is C38H23N5O. The summed E-state index contributed by atoms with van der Waals surface area (Å²) in [5.74, 6) is 1.25. The van der Waals surface area contributed by atoms with Crippen LogP contribution in [0.4, 0.5) is 0 Å². The van der Waals surface area contributed by atoms with Gasteiger partial charge in [0, 0.05) is 50.6 Å². The molecule has 5 aromatic carbocycles. The second-order valence-corrected chi connectivity index (χ2v) is 10.8. The van der Waals surface area contributed by atoms with Gasteiger partial charge in [-0.3, -0.25) is 4.57 Å². The molecule has 0 radical (unpaired) electrons. The first-order chi connectivity index (χ1) is 21.8. The van der Waals surface area contributed by atoms with Crippen LogP contribution in [0, 0.1) is 0 Å². The summed E-state index contributed by atoms with van der Waals surface area (Å²) >= 11 is 0. The van der Waals surface area contributed by atoms with E-state index in [9.17, 15) is 0 Å². The number of rotatable bonds is 4. The Morgan fingerprint density at radius 1 is 0.455 bits per heavy atom. The van der Waals surface area contributed by atoms with Crippen molar-refractivity contribution in [1.29, 1.82) is 0 Å². The number of hydrogen-bond donors (Lipinski definition) is 0. The first-order valence-corrected chi connectivity index (χ1v) is 14.5. The normalized spacial score (nSPS) is 11.6. The van der Waals surface area contributed by atoms with Crippen LogP contribution in [0.25, 0.3) is 83.6 Å². The molecule has 0 aliphatic carbocycles. The summed E-state index contributed by atoms with van der Waals surface area (Å²) in [4.78, 5) is 19.6. The summed E-state index contributed by atoms with van der Waals surface area (Å²) in [6.45, 7) is 0. The standard InChI is InChI=1S/C38H23N5O/c1-3-11-24(12-4-1)31-21-32(42-37(41-31)25-13-5-2-6-14-25)26-22-39-38(40-23-26)43-33-17-9-7-15-27(33)29-20-36-30(19-34(29)43)28-16-8-10-18-35(28)44-36/h1-23H. The first-order valence-electron chi connectivity index (χ1n) is 14.5. The van der Waals surface area contributed by atoms with Crippen LogP contribution in [0.15, 0.2) is 144 Å². The Morgan fingerprint density at radius 2 is 1.09 bits per heavy atom. The van der Waals surface area contributed by atoms with Crippen molar-refractivity contribution in [2.24, 2.45) is 0 Å². The van der Waals surface area contributed by atoms with E-state index in [1.807, 2.05) is 91.3 Å². The van der Waals surface area contributed by atoms with Gasteiger partial charge in [0.1, 0.15) is 11.2 Å². The van der Waals surface area contributed by atoms with Crippen molar-refractivity contribution in [3.63, 3.8) is 0 Å². The van der Waals surface area contributed by atoms with Crippen molar-refractivity contribution in [1.82, 2.24) is 24.5 Å².